The summed E-state index contributed by atoms with van der Waals surface area (Å²) in [6.07, 6.45) is 2.66. The average Bonchev–Trinajstić information content (AvgIpc) is 3.61. The fourth-order valence-corrected chi connectivity index (χ4v) is 4.09. The summed E-state index contributed by atoms with van der Waals surface area (Å²) in [5.74, 6) is 0.801. The van der Waals surface area contributed by atoms with Crippen LogP contribution < -0.4 is 0 Å². The number of hydrogen-bond donors (Lipinski definition) is 0. The molecule has 0 spiro atoms. The summed E-state index contributed by atoms with van der Waals surface area (Å²) in [6, 6.07) is 13.9. The van der Waals surface area contributed by atoms with E-state index in [0.717, 1.165) is 5.56 Å². The van der Waals surface area contributed by atoms with Gasteiger partial charge in [0, 0.05) is 43.4 Å². The van der Waals surface area contributed by atoms with Crippen molar-refractivity contribution in [2.45, 2.75) is 13.0 Å². The maximum absolute atomic E-state index is 13.1. The molecule has 2 aromatic heterocycles. The van der Waals surface area contributed by atoms with E-state index in [9.17, 15) is 14.9 Å². The van der Waals surface area contributed by atoms with E-state index in [1.807, 2.05) is 37.3 Å². The fraction of sp³-hybridized carbons (Fsp3) is 0.261. The number of nitro groups is 1. The van der Waals surface area contributed by atoms with Crippen molar-refractivity contribution >= 4 is 11.6 Å². The summed E-state index contributed by atoms with van der Waals surface area (Å²) in [7, 11) is 0. The average molecular weight is 474 g/mol. The van der Waals surface area contributed by atoms with Gasteiger partial charge in [-0.25, -0.2) is 9.67 Å². The smallest absolute Gasteiger partial charge is 0.295 e. The molecule has 2 aromatic carbocycles. The molecule has 12 heteroatoms. The normalized spacial score (nSPS) is 15.2. The Morgan fingerprint density at radius 2 is 1.89 bits per heavy atom. The molecule has 1 atom stereocenters. The Bertz CT molecular complexity index is 1330. The van der Waals surface area contributed by atoms with Crippen LogP contribution in [0, 0.1) is 10.1 Å². The molecular weight excluding hydrogens is 452 g/mol. The lowest BCUT2D eigenvalue weighted by Gasteiger charge is -2.36. The molecule has 1 unspecified atom stereocenters. The Hall–Kier alpha value is -4.45. The Kier molecular flexibility index (Phi) is 6.02. The van der Waals surface area contributed by atoms with E-state index in [4.69, 9.17) is 4.52 Å². The largest absolute Gasteiger partial charge is 0.337 e. The molecule has 0 radical (unpaired) electrons. The zero-order valence-electron chi connectivity index (χ0n) is 18.9. The van der Waals surface area contributed by atoms with Crippen LogP contribution in [0.3, 0.4) is 0 Å². The number of carbonyl (C=O) groups excluding carboxylic acids is 1. The monoisotopic (exact) mass is 474 g/mol. The van der Waals surface area contributed by atoms with E-state index in [1.165, 1.54) is 29.5 Å². The second-order valence-electron chi connectivity index (χ2n) is 8.13. The maximum atomic E-state index is 13.1. The first-order valence-electron chi connectivity index (χ1n) is 11.1. The number of benzene rings is 2. The summed E-state index contributed by atoms with van der Waals surface area (Å²) in [5.41, 5.74) is 1.18. The molecule has 178 valence electrons. The highest BCUT2D eigenvalue weighted by atomic mass is 16.6. The van der Waals surface area contributed by atoms with Gasteiger partial charge in [-0.15, -0.1) is 0 Å². The van der Waals surface area contributed by atoms with Crippen LogP contribution in [0.2, 0.25) is 0 Å². The number of nitrogens with zero attached hydrogens (tertiary/aromatic N) is 8. The van der Waals surface area contributed by atoms with Crippen molar-refractivity contribution in [1.29, 1.82) is 0 Å². The molecule has 0 saturated carbocycles. The maximum Gasteiger partial charge on any atom is 0.295 e. The minimum absolute atomic E-state index is 0.111. The van der Waals surface area contributed by atoms with E-state index in [1.54, 1.807) is 11.0 Å². The first-order chi connectivity index (χ1) is 17.0. The van der Waals surface area contributed by atoms with Crippen molar-refractivity contribution in [1.82, 2.24) is 34.7 Å². The Balaban J connectivity index is 1.25. The summed E-state index contributed by atoms with van der Waals surface area (Å²) in [5, 5.41) is 19.6. The third kappa shape index (κ3) is 4.51. The van der Waals surface area contributed by atoms with Crippen LogP contribution in [0.5, 0.6) is 0 Å². The van der Waals surface area contributed by atoms with E-state index < -0.39 is 4.92 Å². The second kappa shape index (κ2) is 9.43. The van der Waals surface area contributed by atoms with E-state index >= 15 is 0 Å². The van der Waals surface area contributed by atoms with E-state index in [2.05, 4.69) is 25.1 Å². The van der Waals surface area contributed by atoms with Crippen LogP contribution in [0.1, 0.15) is 29.2 Å². The van der Waals surface area contributed by atoms with Crippen molar-refractivity contribution in [3.05, 3.63) is 82.8 Å². The van der Waals surface area contributed by atoms with Gasteiger partial charge in [-0.1, -0.05) is 35.5 Å². The molecule has 5 rings (SSSR count). The topological polar surface area (TPSA) is 136 Å². The van der Waals surface area contributed by atoms with Crippen molar-refractivity contribution in [2.24, 2.45) is 0 Å². The molecule has 1 aliphatic heterocycles. The predicted octanol–water partition coefficient (Wildman–Crippen LogP) is 2.74. The molecular formula is C23H22N8O4. The van der Waals surface area contributed by atoms with Crippen molar-refractivity contribution in [3.63, 3.8) is 0 Å². The number of rotatable bonds is 6. The summed E-state index contributed by atoms with van der Waals surface area (Å²) < 4.78 is 6.80. The Morgan fingerprint density at radius 3 is 2.57 bits per heavy atom. The molecule has 4 aromatic rings. The van der Waals surface area contributed by atoms with Gasteiger partial charge in [0.1, 0.15) is 18.3 Å². The standard InChI is InChI=1S/C23H22N8O4/c1-16(22-26-21(27-35-22)17-5-3-2-4-6-17)28-9-11-29(12-10-28)23(32)18-7-8-19(20(13-18)31(33)34)30-15-24-14-25-30/h2-8,13-16H,9-12H2,1H3. The summed E-state index contributed by atoms with van der Waals surface area (Å²) >= 11 is 0. The van der Waals surface area contributed by atoms with Crippen LogP contribution in [0.25, 0.3) is 17.1 Å². The van der Waals surface area contributed by atoms with Crippen LogP contribution in [0.4, 0.5) is 5.69 Å². The van der Waals surface area contributed by atoms with Crippen molar-refractivity contribution in [2.75, 3.05) is 26.2 Å². The van der Waals surface area contributed by atoms with Gasteiger partial charge in [0.2, 0.25) is 11.7 Å². The van der Waals surface area contributed by atoms with Crippen LogP contribution >= 0.6 is 0 Å². The SMILES string of the molecule is CC(c1nc(-c2ccccc2)no1)N1CCN(C(=O)c2ccc(-n3cncn3)c([N+](=O)[O-])c2)CC1. The zero-order valence-corrected chi connectivity index (χ0v) is 18.9. The first-order valence-corrected chi connectivity index (χ1v) is 11.1. The number of nitro benzene ring substituents is 1. The molecule has 3 heterocycles. The first kappa shape index (κ1) is 22.3. The molecule has 1 saturated heterocycles. The number of aromatic nitrogens is 5. The molecule has 0 bridgehead atoms. The van der Waals surface area contributed by atoms with Gasteiger partial charge >= 0.3 is 0 Å². The zero-order chi connectivity index (χ0) is 24.4. The highest BCUT2D eigenvalue weighted by Crippen LogP contribution is 2.26. The molecule has 35 heavy (non-hydrogen) atoms. The van der Waals surface area contributed by atoms with Crippen LogP contribution in [0.15, 0.2) is 65.7 Å². The van der Waals surface area contributed by atoms with E-state index in [0.29, 0.717) is 37.9 Å². The van der Waals surface area contributed by atoms with Gasteiger partial charge in [0.25, 0.3) is 11.6 Å². The Morgan fingerprint density at radius 1 is 1.11 bits per heavy atom. The van der Waals surface area contributed by atoms with Crippen molar-refractivity contribution in [3.8, 4) is 17.1 Å². The lowest BCUT2D eigenvalue weighted by Crippen LogP contribution is -2.49. The van der Waals surface area contributed by atoms with Crippen LogP contribution in [-0.4, -0.2) is 71.7 Å². The number of hydrogen-bond acceptors (Lipinski definition) is 9. The number of piperazine rings is 1. The summed E-state index contributed by atoms with van der Waals surface area (Å²) in [4.78, 5) is 36.4. The van der Waals surface area contributed by atoms with Gasteiger partial charge in [-0.2, -0.15) is 10.1 Å². The van der Waals surface area contributed by atoms with Gasteiger partial charge in [0.05, 0.1) is 11.0 Å². The molecule has 12 nitrogen and oxygen atoms in total. The van der Waals surface area contributed by atoms with Gasteiger partial charge < -0.3 is 9.42 Å². The lowest BCUT2D eigenvalue weighted by atomic mass is 10.1. The Labute approximate surface area is 199 Å². The molecule has 0 aliphatic carbocycles. The predicted molar refractivity (Wildman–Crippen MR) is 124 cm³/mol. The number of amides is 1. The molecule has 1 aliphatic rings. The van der Waals surface area contributed by atoms with Gasteiger partial charge in [-0.3, -0.25) is 19.8 Å². The van der Waals surface area contributed by atoms with Gasteiger partial charge in [-0.05, 0) is 19.1 Å². The summed E-state index contributed by atoms with van der Waals surface area (Å²) in [6.45, 7) is 4.15. The minimum Gasteiger partial charge on any atom is -0.337 e. The number of carbonyl (C=O) groups is 1. The molecule has 1 fully saturated rings. The fourth-order valence-electron chi connectivity index (χ4n) is 4.09. The van der Waals surface area contributed by atoms with Crippen LogP contribution in [-0.2, 0) is 0 Å². The second-order valence-corrected chi connectivity index (χ2v) is 8.13. The van der Waals surface area contributed by atoms with E-state index in [-0.39, 0.29) is 28.9 Å². The highest BCUT2D eigenvalue weighted by Gasteiger charge is 2.29. The third-order valence-electron chi connectivity index (χ3n) is 6.06. The molecule has 1 amide bonds. The third-order valence-corrected chi connectivity index (χ3v) is 6.06. The highest BCUT2D eigenvalue weighted by molar-refractivity contribution is 5.95. The lowest BCUT2D eigenvalue weighted by molar-refractivity contribution is -0.384. The molecule has 0 N–H and O–H groups in total. The van der Waals surface area contributed by atoms with Crippen molar-refractivity contribution < 1.29 is 14.2 Å². The minimum atomic E-state index is -0.526. The van der Waals surface area contributed by atoms with Gasteiger partial charge in [0.15, 0.2) is 0 Å². The quantitative estimate of drug-likeness (QED) is 0.305.